The van der Waals surface area contributed by atoms with Gasteiger partial charge in [-0.1, -0.05) is 26.2 Å². The molecule has 0 atom stereocenters. The Morgan fingerprint density at radius 2 is 2.21 bits per heavy atom. The molecule has 0 saturated carbocycles. The van der Waals surface area contributed by atoms with Crippen LogP contribution in [0.25, 0.3) is 0 Å². The minimum absolute atomic E-state index is 0.0589. The number of rotatable bonds is 7. The van der Waals surface area contributed by atoms with E-state index in [-0.39, 0.29) is 10.6 Å². The topological polar surface area (TPSA) is 64.4 Å². The number of ether oxygens (including phenoxy) is 1. The van der Waals surface area contributed by atoms with E-state index in [9.17, 15) is 10.1 Å². The van der Waals surface area contributed by atoms with E-state index in [1.165, 1.54) is 12.8 Å². The van der Waals surface area contributed by atoms with E-state index in [1.807, 2.05) is 6.07 Å². The van der Waals surface area contributed by atoms with Crippen molar-refractivity contribution in [2.75, 3.05) is 18.5 Å². The Balaban J connectivity index is 2.03. The van der Waals surface area contributed by atoms with Gasteiger partial charge >= 0.3 is 5.69 Å². The van der Waals surface area contributed by atoms with Crippen LogP contribution >= 0.6 is 0 Å². The molecule has 0 unspecified atom stereocenters. The molecule has 0 fully saturated rings. The van der Waals surface area contributed by atoms with Gasteiger partial charge in [-0.05, 0) is 24.5 Å². The van der Waals surface area contributed by atoms with E-state index in [4.69, 9.17) is 4.74 Å². The number of benzene rings is 1. The molecule has 0 aromatic heterocycles. The monoisotopic (exact) mass is 264 g/mol. The molecule has 5 nitrogen and oxygen atoms in total. The second-order valence-electron chi connectivity index (χ2n) is 4.82. The number of nitrogens with one attached hydrogen (secondary N) is 1. The first-order valence-electron chi connectivity index (χ1n) is 6.90. The summed E-state index contributed by atoms with van der Waals surface area (Å²) in [5, 5.41) is 14.2. The number of anilines is 1. The highest BCUT2D eigenvalue weighted by Crippen LogP contribution is 2.35. The van der Waals surface area contributed by atoms with Gasteiger partial charge in [-0.25, -0.2) is 0 Å². The molecule has 0 spiro atoms. The number of unbranched alkanes of at least 4 members (excludes halogenated alkanes) is 3. The third-order valence-electron chi connectivity index (χ3n) is 3.35. The van der Waals surface area contributed by atoms with Crippen molar-refractivity contribution in [2.45, 2.75) is 39.0 Å². The summed E-state index contributed by atoms with van der Waals surface area (Å²) in [6, 6.07) is 3.40. The lowest BCUT2D eigenvalue weighted by Gasteiger charge is -2.08. The Morgan fingerprint density at radius 1 is 1.37 bits per heavy atom. The zero-order valence-electron chi connectivity index (χ0n) is 11.3. The fourth-order valence-electron chi connectivity index (χ4n) is 2.28. The van der Waals surface area contributed by atoms with Crippen LogP contribution in [-0.2, 0) is 6.42 Å². The zero-order chi connectivity index (χ0) is 13.7. The van der Waals surface area contributed by atoms with Crippen LogP contribution in [0.1, 0.15) is 38.2 Å². The van der Waals surface area contributed by atoms with Crippen LogP contribution in [-0.4, -0.2) is 18.1 Å². The van der Waals surface area contributed by atoms with Crippen molar-refractivity contribution < 1.29 is 9.66 Å². The van der Waals surface area contributed by atoms with Crippen molar-refractivity contribution in [3.63, 3.8) is 0 Å². The van der Waals surface area contributed by atoms with Gasteiger partial charge in [0.15, 0.2) is 5.75 Å². The molecule has 19 heavy (non-hydrogen) atoms. The summed E-state index contributed by atoms with van der Waals surface area (Å²) >= 11 is 0. The highest BCUT2D eigenvalue weighted by molar-refractivity contribution is 5.65. The first kappa shape index (κ1) is 13.6. The maximum atomic E-state index is 11.1. The van der Waals surface area contributed by atoms with Crippen molar-refractivity contribution in [1.29, 1.82) is 0 Å². The minimum Gasteiger partial charge on any atom is -0.487 e. The summed E-state index contributed by atoms with van der Waals surface area (Å²) in [5.41, 5.74) is 2.03. The summed E-state index contributed by atoms with van der Waals surface area (Å²) in [7, 11) is 0. The largest absolute Gasteiger partial charge is 0.487 e. The summed E-state index contributed by atoms with van der Waals surface area (Å²) in [6.45, 7) is 3.54. The first-order chi connectivity index (χ1) is 9.22. The Morgan fingerprint density at radius 3 is 2.95 bits per heavy atom. The Labute approximate surface area is 113 Å². The normalized spacial score (nSPS) is 12.9. The average molecular weight is 264 g/mol. The van der Waals surface area contributed by atoms with E-state index >= 15 is 0 Å². The molecule has 1 aliphatic heterocycles. The molecule has 0 bridgehead atoms. The highest BCUT2D eigenvalue weighted by atomic mass is 16.6. The second-order valence-corrected chi connectivity index (χ2v) is 4.82. The molecule has 1 heterocycles. The number of hydrogen-bond donors (Lipinski definition) is 1. The SMILES string of the molecule is CCCCCCOc1cc2c(cc1[N+](=O)[O-])NCC2. The molecule has 104 valence electrons. The number of nitrogens with zero attached hydrogens (tertiary/aromatic N) is 1. The van der Waals surface area contributed by atoms with Gasteiger partial charge in [0.2, 0.25) is 0 Å². The van der Waals surface area contributed by atoms with Crippen LogP contribution in [0.2, 0.25) is 0 Å². The number of hydrogen-bond acceptors (Lipinski definition) is 4. The number of fused-ring (bicyclic) bond motifs is 1. The van der Waals surface area contributed by atoms with E-state index in [0.29, 0.717) is 12.4 Å². The van der Waals surface area contributed by atoms with Crippen LogP contribution in [0, 0.1) is 10.1 Å². The molecule has 0 saturated heterocycles. The molecular formula is C14H20N2O3. The summed E-state index contributed by atoms with van der Waals surface area (Å²) < 4.78 is 5.60. The predicted molar refractivity (Wildman–Crippen MR) is 74.9 cm³/mol. The fourth-order valence-corrected chi connectivity index (χ4v) is 2.28. The van der Waals surface area contributed by atoms with Crippen molar-refractivity contribution in [1.82, 2.24) is 0 Å². The highest BCUT2D eigenvalue weighted by Gasteiger charge is 2.21. The van der Waals surface area contributed by atoms with Crippen molar-refractivity contribution in [2.24, 2.45) is 0 Å². The second kappa shape index (κ2) is 6.41. The maximum absolute atomic E-state index is 11.1. The molecule has 1 aliphatic rings. The zero-order valence-corrected chi connectivity index (χ0v) is 11.3. The van der Waals surface area contributed by atoms with Crippen LogP contribution in [0.3, 0.4) is 0 Å². The van der Waals surface area contributed by atoms with Crippen molar-refractivity contribution >= 4 is 11.4 Å². The average Bonchev–Trinajstić information content (AvgIpc) is 2.84. The summed E-state index contributed by atoms with van der Waals surface area (Å²) in [4.78, 5) is 10.7. The smallest absolute Gasteiger partial charge is 0.312 e. The molecule has 1 aromatic rings. The third-order valence-corrected chi connectivity index (χ3v) is 3.35. The standard InChI is InChI=1S/C14H20N2O3/c1-2-3-4-5-8-19-14-9-11-6-7-15-12(11)10-13(14)16(17)18/h9-10,15H,2-8H2,1H3. The molecule has 5 heteroatoms. The van der Waals surface area contributed by atoms with Gasteiger partial charge in [0.05, 0.1) is 11.5 Å². The summed E-state index contributed by atoms with van der Waals surface area (Å²) in [5.74, 6) is 0.406. The number of nitro benzene ring substituents is 1. The molecule has 0 radical (unpaired) electrons. The van der Waals surface area contributed by atoms with E-state index in [1.54, 1.807) is 6.07 Å². The van der Waals surface area contributed by atoms with Crippen LogP contribution in [0.15, 0.2) is 12.1 Å². The fraction of sp³-hybridized carbons (Fsp3) is 0.571. The van der Waals surface area contributed by atoms with Gasteiger partial charge in [-0.2, -0.15) is 0 Å². The first-order valence-corrected chi connectivity index (χ1v) is 6.90. The lowest BCUT2D eigenvalue weighted by Crippen LogP contribution is -2.01. The molecule has 2 rings (SSSR count). The quantitative estimate of drug-likeness (QED) is 0.465. The van der Waals surface area contributed by atoms with Gasteiger partial charge in [0.25, 0.3) is 0 Å². The van der Waals surface area contributed by atoms with Crippen molar-refractivity contribution in [3.05, 3.63) is 27.8 Å². The van der Waals surface area contributed by atoms with E-state index < -0.39 is 0 Å². The molecule has 1 aromatic carbocycles. The molecule has 0 amide bonds. The van der Waals surface area contributed by atoms with Crippen molar-refractivity contribution in [3.8, 4) is 5.75 Å². The van der Waals surface area contributed by atoms with Crippen LogP contribution in [0.5, 0.6) is 5.75 Å². The van der Waals surface area contributed by atoms with Gasteiger partial charge in [-0.15, -0.1) is 0 Å². The van der Waals surface area contributed by atoms with E-state index in [2.05, 4.69) is 12.2 Å². The van der Waals surface area contributed by atoms with Gasteiger partial charge < -0.3 is 10.1 Å². The van der Waals surface area contributed by atoms with Gasteiger partial charge in [-0.3, -0.25) is 10.1 Å². The van der Waals surface area contributed by atoms with Crippen LogP contribution < -0.4 is 10.1 Å². The molecule has 1 N–H and O–H groups in total. The van der Waals surface area contributed by atoms with Gasteiger partial charge in [0.1, 0.15) is 0 Å². The Hall–Kier alpha value is -1.78. The lowest BCUT2D eigenvalue weighted by atomic mass is 10.1. The van der Waals surface area contributed by atoms with Gasteiger partial charge in [0, 0.05) is 18.3 Å². The molecule has 0 aliphatic carbocycles. The van der Waals surface area contributed by atoms with Crippen LogP contribution in [0.4, 0.5) is 11.4 Å². The Kier molecular flexibility index (Phi) is 4.60. The summed E-state index contributed by atoms with van der Waals surface area (Å²) in [6.07, 6.45) is 5.31. The predicted octanol–water partition coefficient (Wildman–Crippen LogP) is 3.52. The minimum atomic E-state index is -0.373. The Bertz CT molecular complexity index is 460. The number of nitro groups is 1. The lowest BCUT2D eigenvalue weighted by molar-refractivity contribution is -0.385. The van der Waals surface area contributed by atoms with E-state index in [0.717, 1.165) is 37.1 Å². The molecular weight excluding hydrogens is 244 g/mol. The maximum Gasteiger partial charge on any atom is 0.312 e. The third kappa shape index (κ3) is 3.36.